The third-order valence-corrected chi connectivity index (χ3v) is 2.11. The normalized spacial score (nSPS) is 13.0. The monoisotopic (exact) mass is 164 g/mol. The van der Waals surface area contributed by atoms with Crippen LogP contribution in [0.2, 0.25) is 0 Å². The van der Waals surface area contributed by atoms with Crippen molar-refractivity contribution in [3.8, 4) is 0 Å². The lowest BCUT2D eigenvalue weighted by molar-refractivity contribution is 0.688. The first-order valence-corrected chi connectivity index (χ1v) is 4.35. The van der Waals surface area contributed by atoms with Gasteiger partial charge in [0.1, 0.15) is 0 Å². The number of nitrogens with zero attached hydrogens (tertiary/aromatic N) is 1. The zero-order valence-corrected chi connectivity index (χ0v) is 7.96. The molecule has 1 aromatic heterocycles. The first kappa shape index (κ1) is 9.20. The minimum atomic E-state index is 0.137. The summed E-state index contributed by atoms with van der Waals surface area (Å²) in [4.78, 5) is 4.36. The van der Waals surface area contributed by atoms with Crippen molar-refractivity contribution in [1.82, 2.24) is 4.98 Å². The van der Waals surface area contributed by atoms with Gasteiger partial charge in [0, 0.05) is 17.4 Å². The predicted molar refractivity (Wildman–Crippen MR) is 50.9 cm³/mol. The van der Waals surface area contributed by atoms with Crippen molar-refractivity contribution in [2.45, 2.75) is 33.2 Å². The van der Waals surface area contributed by atoms with Crippen molar-refractivity contribution in [2.75, 3.05) is 0 Å². The maximum Gasteiger partial charge on any atom is 0.0423 e. The van der Waals surface area contributed by atoms with E-state index in [2.05, 4.69) is 18.0 Å². The van der Waals surface area contributed by atoms with Crippen LogP contribution in [0, 0.1) is 13.8 Å². The Morgan fingerprint density at radius 2 is 2.08 bits per heavy atom. The molecule has 0 aliphatic heterocycles. The average molecular weight is 164 g/mol. The van der Waals surface area contributed by atoms with Crippen LogP contribution >= 0.6 is 0 Å². The highest BCUT2D eigenvalue weighted by molar-refractivity contribution is 5.24. The number of aryl methyl sites for hydroxylation is 2. The summed E-state index contributed by atoms with van der Waals surface area (Å²) in [5.74, 6) is 0. The molecule has 0 saturated heterocycles. The van der Waals surface area contributed by atoms with Crippen molar-refractivity contribution in [2.24, 2.45) is 5.73 Å². The lowest BCUT2D eigenvalue weighted by Crippen LogP contribution is -2.11. The fraction of sp³-hybridized carbons (Fsp3) is 0.500. The molecule has 2 nitrogen and oxygen atoms in total. The van der Waals surface area contributed by atoms with Gasteiger partial charge in [0.25, 0.3) is 0 Å². The van der Waals surface area contributed by atoms with Gasteiger partial charge in [0.2, 0.25) is 0 Å². The van der Waals surface area contributed by atoms with Crippen LogP contribution in [-0.4, -0.2) is 4.98 Å². The average Bonchev–Trinajstić information content (AvgIpc) is 2.03. The maximum absolute atomic E-state index is 5.91. The van der Waals surface area contributed by atoms with E-state index >= 15 is 0 Å². The number of hydrogen-bond donors (Lipinski definition) is 1. The Balaban J connectivity index is 3.01. The predicted octanol–water partition coefficient (Wildman–Crippen LogP) is 2.11. The Morgan fingerprint density at radius 1 is 1.42 bits per heavy atom. The molecule has 0 unspecified atom stereocenters. The molecule has 0 amide bonds. The summed E-state index contributed by atoms with van der Waals surface area (Å²) in [6.07, 6.45) is 0.964. The molecule has 2 N–H and O–H groups in total. The zero-order chi connectivity index (χ0) is 9.14. The Hall–Kier alpha value is -0.890. The van der Waals surface area contributed by atoms with Crippen LogP contribution in [0.5, 0.6) is 0 Å². The van der Waals surface area contributed by atoms with E-state index < -0.39 is 0 Å². The fourth-order valence-corrected chi connectivity index (χ4v) is 1.31. The minimum absolute atomic E-state index is 0.137. The van der Waals surface area contributed by atoms with Crippen LogP contribution in [0.25, 0.3) is 0 Å². The van der Waals surface area contributed by atoms with E-state index in [1.54, 1.807) is 0 Å². The van der Waals surface area contributed by atoms with E-state index in [1.165, 1.54) is 5.56 Å². The summed E-state index contributed by atoms with van der Waals surface area (Å²) in [6.45, 7) is 6.09. The van der Waals surface area contributed by atoms with Gasteiger partial charge in [-0.2, -0.15) is 0 Å². The van der Waals surface area contributed by atoms with Crippen LogP contribution in [0.3, 0.4) is 0 Å². The second-order valence-electron chi connectivity index (χ2n) is 3.14. The molecule has 0 aliphatic carbocycles. The summed E-state index contributed by atoms with van der Waals surface area (Å²) in [5.41, 5.74) is 9.19. The molecule has 1 aromatic rings. The molecule has 0 saturated carbocycles. The Bertz CT molecular complexity index is 269. The highest BCUT2D eigenvalue weighted by atomic mass is 14.7. The molecule has 12 heavy (non-hydrogen) atoms. The Morgan fingerprint density at radius 3 is 2.58 bits per heavy atom. The lowest BCUT2D eigenvalue weighted by Gasteiger charge is -2.11. The largest absolute Gasteiger partial charge is 0.324 e. The second kappa shape index (κ2) is 3.68. The van der Waals surface area contributed by atoms with Crippen LogP contribution in [0.4, 0.5) is 0 Å². The quantitative estimate of drug-likeness (QED) is 0.727. The molecule has 0 spiro atoms. The van der Waals surface area contributed by atoms with Crippen molar-refractivity contribution < 1.29 is 0 Å². The van der Waals surface area contributed by atoms with E-state index in [4.69, 9.17) is 5.73 Å². The van der Waals surface area contributed by atoms with E-state index in [0.29, 0.717) is 0 Å². The molecule has 66 valence electrons. The van der Waals surface area contributed by atoms with Gasteiger partial charge in [0.15, 0.2) is 0 Å². The molecule has 0 aliphatic rings. The minimum Gasteiger partial charge on any atom is -0.324 e. The number of pyridine rings is 1. The van der Waals surface area contributed by atoms with Gasteiger partial charge in [-0.05, 0) is 31.9 Å². The van der Waals surface area contributed by atoms with E-state index in [-0.39, 0.29) is 6.04 Å². The number of hydrogen-bond acceptors (Lipinski definition) is 2. The molecule has 0 fully saturated rings. The fourth-order valence-electron chi connectivity index (χ4n) is 1.31. The van der Waals surface area contributed by atoms with Crippen molar-refractivity contribution in [1.29, 1.82) is 0 Å². The summed E-state index contributed by atoms with van der Waals surface area (Å²) < 4.78 is 0. The SMILES string of the molecule is CC[C@@H](N)c1ccc(C)nc1C. The molecule has 0 aromatic carbocycles. The highest BCUT2D eigenvalue weighted by Crippen LogP contribution is 2.16. The van der Waals surface area contributed by atoms with Gasteiger partial charge in [-0.25, -0.2) is 0 Å². The number of nitrogens with two attached hydrogens (primary N) is 1. The van der Waals surface area contributed by atoms with Gasteiger partial charge in [-0.3, -0.25) is 4.98 Å². The second-order valence-corrected chi connectivity index (χ2v) is 3.14. The Kier molecular flexibility index (Phi) is 2.82. The molecular formula is C10H16N2. The smallest absolute Gasteiger partial charge is 0.0423 e. The van der Waals surface area contributed by atoms with Gasteiger partial charge < -0.3 is 5.73 Å². The molecule has 0 bridgehead atoms. The summed E-state index contributed by atoms with van der Waals surface area (Å²) in [5, 5.41) is 0. The zero-order valence-electron chi connectivity index (χ0n) is 7.96. The number of rotatable bonds is 2. The van der Waals surface area contributed by atoms with Crippen LogP contribution in [0.15, 0.2) is 12.1 Å². The lowest BCUT2D eigenvalue weighted by atomic mass is 10.0. The van der Waals surface area contributed by atoms with Gasteiger partial charge in [-0.15, -0.1) is 0 Å². The van der Waals surface area contributed by atoms with E-state index in [0.717, 1.165) is 17.8 Å². The van der Waals surface area contributed by atoms with E-state index in [9.17, 15) is 0 Å². The van der Waals surface area contributed by atoms with E-state index in [1.807, 2.05) is 19.9 Å². The Labute approximate surface area is 73.8 Å². The topological polar surface area (TPSA) is 38.9 Å². The van der Waals surface area contributed by atoms with Gasteiger partial charge in [0.05, 0.1) is 0 Å². The molecule has 1 atom stereocenters. The molecule has 2 heteroatoms. The third kappa shape index (κ3) is 1.83. The van der Waals surface area contributed by atoms with Crippen LogP contribution in [0.1, 0.15) is 36.3 Å². The molecule has 1 rings (SSSR count). The first-order chi connectivity index (χ1) is 5.65. The highest BCUT2D eigenvalue weighted by Gasteiger charge is 2.06. The standard InChI is InChI=1S/C10H16N2/c1-4-10(11)9-6-5-7(2)12-8(9)3/h5-6,10H,4,11H2,1-3H3/t10-/m1/s1. The van der Waals surface area contributed by atoms with Gasteiger partial charge >= 0.3 is 0 Å². The van der Waals surface area contributed by atoms with Crippen molar-refractivity contribution >= 4 is 0 Å². The summed E-state index contributed by atoms with van der Waals surface area (Å²) in [7, 11) is 0. The first-order valence-electron chi connectivity index (χ1n) is 4.35. The third-order valence-electron chi connectivity index (χ3n) is 2.11. The van der Waals surface area contributed by atoms with Crippen molar-refractivity contribution in [3.05, 3.63) is 29.1 Å². The van der Waals surface area contributed by atoms with Crippen molar-refractivity contribution in [3.63, 3.8) is 0 Å². The van der Waals surface area contributed by atoms with Crippen LogP contribution in [-0.2, 0) is 0 Å². The van der Waals surface area contributed by atoms with Gasteiger partial charge in [-0.1, -0.05) is 13.0 Å². The summed E-state index contributed by atoms with van der Waals surface area (Å²) >= 11 is 0. The molecule has 1 heterocycles. The maximum atomic E-state index is 5.91. The summed E-state index contributed by atoms with van der Waals surface area (Å²) in [6, 6.07) is 4.22. The van der Waals surface area contributed by atoms with Crippen LogP contribution < -0.4 is 5.73 Å². The number of aromatic nitrogens is 1. The molecule has 0 radical (unpaired) electrons. The molecular weight excluding hydrogens is 148 g/mol.